The van der Waals surface area contributed by atoms with Crippen LogP contribution in [-0.4, -0.2) is 29.3 Å². The second kappa shape index (κ2) is 7.00. The average Bonchev–Trinajstić information content (AvgIpc) is 2.66. The summed E-state index contributed by atoms with van der Waals surface area (Å²) in [5.41, 5.74) is 2.10. The zero-order valence-electron chi connectivity index (χ0n) is 14.4. The van der Waals surface area contributed by atoms with Crippen molar-refractivity contribution in [3.05, 3.63) is 83.9 Å². The summed E-state index contributed by atoms with van der Waals surface area (Å²) < 4.78 is 0. The van der Waals surface area contributed by atoms with Gasteiger partial charge in [-0.05, 0) is 21.9 Å². The second-order valence-corrected chi connectivity index (χ2v) is 6.64. The van der Waals surface area contributed by atoms with E-state index in [4.69, 9.17) is 0 Å². The van der Waals surface area contributed by atoms with Gasteiger partial charge in [0.25, 0.3) is 0 Å². The van der Waals surface area contributed by atoms with Crippen LogP contribution in [0.4, 0.5) is 0 Å². The van der Waals surface area contributed by atoms with E-state index in [0.29, 0.717) is 13.0 Å². The molecule has 1 saturated heterocycles. The molecule has 0 unspecified atom stereocenters. The summed E-state index contributed by atoms with van der Waals surface area (Å²) >= 11 is 0. The van der Waals surface area contributed by atoms with Gasteiger partial charge in [-0.3, -0.25) is 9.59 Å². The van der Waals surface area contributed by atoms with E-state index in [1.807, 2.05) is 54.6 Å². The molecule has 4 heteroatoms. The van der Waals surface area contributed by atoms with E-state index in [9.17, 15) is 9.59 Å². The zero-order valence-corrected chi connectivity index (χ0v) is 14.4. The molecule has 3 aromatic rings. The number of nitrogens with one attached hydrogen (secondary N) is 1. The monoisotopic (exact) mass is 344 g/mol. The highest BCUT2D eigenvalue weighted by Gasteiger charge is 2.32. The van der Waals surface area contributed by atoms with Gasteiger partial charge >= 0.3 is 0 Å². The predicted octanol–water partition coefficient (Wildman–Crippen LogP) is 2.91. The maximum absolute atomic E-state index is 12.9. The van der Waals surface area contributed by atoms with Gasteiger partial charge in [0.2, 0.25) is 11.8 Å². The summed E-state index contributed by atoms with van der Waals surface area (Å²) in [6, 6.07) is 23.4. The van der Waals surface area contributed by atoms with Gasteiger partial charge in [0.05, 0.1) is 6.54 Å². The second-order valence-electron chi connectivity index (χ2n) is 6.64. The number of hydrogen-bond acceptors (Lipinski definition) is 2. The standard InChI is InChI=1S/C22H20N2O2/c25-21-15-24(14-16-7-2-1-3-8-16)22(26)20(23-21)13-18-11-6-10-17-9-4-5-12-19(17)18/h1-12,20H,13-15H2,(H,23,25)/t20-/m1/s1. The molecule has 1 aliphatic heterocycles. The van der Waals surface area contributed by atoms with Crippen LogP contribution in [0.25, 0.3) is 10.8 Å². The molecule has 4 rings (SSSR count). The highest BCUT2D eigenvalue weighted by Crippen LogP contribution is 2.21. The van der Waals surface area contributed by atoms with Crippen molar-refractivity contribution >= 4 is 22.6 Å². The summed E-state index contributed by atoms with van der Waals surface area (Å²) in [7, 11) is 0. The summed E-state index contributed by atoms with van der Waals surface area (Å²) in [6.45, 7) is 0.568. The van der Waals surface area contributed by atoms with Crippen LogP contribution in [0, 0.1) is 0 Å². The van der Waals surface area contributed by atoms with Crippen LogP contribution in [-0.2, 0) is 22.6 Å². The minimum absolute atomic E-state index is 0.0265. The fraction of sp³-hybridized carbons (Fsp3) is 0.182. The number of fused-ring (bicyclic) bond motifs is 1. The third-order valence-electron chi connectivity index (χ3n) is 4.80. The van der Waals surface area contributed by atoms with Crippen molar-refractivity contribution in [3.63, 3.8) is 0 Å². The van der Waals surface area contributed by atoms with Crippen LogP contribution in [0.15, 0.2) is 72.8 Å². The van der Waals surface area contributed by atoms with Crippen LogP contribution in [0.5, 0.6) is 0 Å². The highest BCUT2D eigenvalue weighted by molar-refractivity contribution is 5.95. The normalized spacial score (nSPS) is 17.4. The molecule has 2 amide bonds. The Kier molecular flexibility index (Phi) is 4.40. The van der Waals surface area contributed by atoms with E-state index < -0.39 is 6.04 Å². The quantitative estimate of drug-likeness (QED) is 0.791. The molecule has 1 fully saturated rings. The third-order valence-corrected chi connectivity index (χ3v) is 4.80. The highest BCUT2D eigenvalue weighted by atomic mass is 16.2. The Morgan fingerprint density at radius 3 is 2.46 bits per heavy atom. The van der Waals surface area contributed by atoms with E-state index in [-0.39, 0.29) is 18.4 Å². The Morgan fingerprint density at radius 2 is 1.62 bits per heavy atom. The molecular weight excluding hydrogens is 324 g/mol. The smallest absolute Gasteiger partial charge is 0.246 e. The van der Waals surface area contributed by atoms with Crippen LogP contribution in [0.1, 0.15) is 11.1 Å². The molecule has 1 aliphatic rings. The van der Waals surface area contributed by atoms with Gasteiger partial charge in [0.1, 0.15) is 6.04 Å². The number of amides is 2. The summed E-state index contributed by atoms with van der Waals surface area (Å²) in [4.78, 5) is 26.7. The van der Waals surface area contributed by atoms with Crippen molar-refractivity contribution < 1.29 is 9.59 Å². The predicted molar refractivity (Wildman–Crippen MR) is 101 cm³/mol. The summed E-state index contributed by atoms with van der Waals surface area (Å²) in [6.07, 6.45) is 0.497. The molecule has 4 nitrogen and oxygen atoms in total. The van der Waals surface area contributed by atoms with Crippen LogP contribution >= 0.6 is 0 Å². The van der Waals surface area contributed by atoms with Crippen LogP contribution in [0.2, 0.25) is 0 Å². The number of nitrogens with zero attached hydrogens (tertiary/aromatic N) is 1. The Balaban J connectivity index is 1.57. The van der Waals surface area contributed by atoms with Crippen molar-refractivity contribution in [2.75, 3.05) is 6.54 Å². The topological polar surface area (TPSA) is 49.4 Å². The van der Waals surface area contributed by atoms with Crippen LogP contribution < -0.4 is 5.32 Å². The van der Waals surface area contributed by atoms with Gasteiger partial charge in [0, 0.05) is 13.0 Å². The van der Waals surface area contributed by atoms with Crippen molar-refractivity contribution in [1.82, 2.24) is 10.2 Å². The lowest BCUT2D eigenvalue weighted by atomic mass is 9.97. The lowest BCUT2D eigenvalue weighted by Crippen LogP contribution is -2.58. The number of carbonyl (C=O) groups is 2. The number of rotatable bonds is 4. The van der Waals surface area contributed by atoms with Gasteiger partial charge < -0.3 is 10.2 Å². The van der Waals surface area contributed by atoms with Gasteiger partial charge in [0.15, 0.2) is 0 Å². The first-order chi connectivity index (χ1) is 12.7. The fourth-order valence-corrected chi connectivity index (χ4v) is 3.54. The first kappa shape index (κ1) is 16.3. The molecule has 26 heavy (non-hydrogen) atoms. The first-order valence-electron chi connectivity index (χ1n) is 8.79. The zero-order chi connectivity index (χ0) is 17.9. The van der Waals surface area contributed by atoms with Crippen molar-refractivity contribution in [1.29, 1.82) is 0 Å². The molecule has 1 N–H and O–H groups in total. The van der Waals surface area contributed by atoms with E-state index in [1.165, 1.54) is 0 Å². The number of carbonyl (C=O) groups excluding carboxylic acids is 2. The van der Waals surface area contributed by atoms with Crippen molar-refractivity contribution in [2.45, 2.75) is 19.0 Å². The molecule has 3 aromatic carbocycles. The lowest BCUT2D eigenvalue weighted by molar-refractivity contribution is -0.144. The van der Waals surface area contributed by atoms with E-state index in [0.717, 1.165) is 21.9 Å². The molecule has 0 aliphatic carbocycles. The van der Waals surface area contributed by atoms with Gasteiger partial charge in [-0.2, -0.15) is 0 Å². The summed E-state index contributed by atoms with van der Waals surface area (Å²) in [5, 5.41) is 5.13. The minimum Gasteiger partial charge on any atom is -0.342 e. The van der Waals surface area contributed by atoms with Gasteiger partial charge in [-0.25, -0.2) is 0 Å². The minimum atomic E-state index is -0.522. The average molecular weight is 344 g/mol. The van der Waals surface area contributed by atoms with Gasteiger partial charge in [-0.1, -0.05) is 72.8 Å². The SMILES string of the molecule is O=C1CN(Cc2ccccc2)C(=O)[C@@H](Cc2cccc3ccccc23)N1. The molecule has 0 saturated carbocycles. The molecule has 1 atom stereocenters. The van der Waals surface area contributed by atoms with Crippen molar-refractivity contribution in [2.24, 2.45) is 0 Å². The Bertz CT molecular complexity index is 947. The van der Waals surface area contributed by atoms with E-state index in [1.54, 1.807) is 4.90 Å². The maximum Gasteiger partial charge on any atom is 0.246 e. The number of hydrogen-bond donors (Lipinski definition) is 1. The van der Waals surface area contributed by atoms with Crippen LogP contribution in [0.3, 0.4) is 0 Å². The van der Waals surface area contributed by atoms with E-state index >= 15 is 0 Å². The Morgan fingerprint density at radius 1 is 0.885 bits per heavy atom. The summed E-state index contributed by atoms with van der Waals surface area (Å²) in [5.74, 6) is -0.132. The molecule has 0 radical (unpaired) electrons. The van der Waals surface area contributed by atoms with Gasteiger partial charge in [-0.15, -0.1) is 0 Å². The fourth-order valence-electron chi connectivity index (χ4n) is 3.54. The molecule has 0 aromatic heterocycles. The number of benzene rings is 3. The molecule has 130 valence electrons. The van der Waals surface area contributed by atoms with Crippen molar-refractivity contribution in [3.8, 4) is 0 Å². The maximum atomic E-state index is 12.9. The Labute approximate surface area is 152 Å². The molecule has 0 spiro atoms. The lowest BCUT2D eigenvalue weighted by Gasteiger charge is -2.33. The van der Waals surface area contributed by atoms with E-state index in [2.05, 4.69) is 23.5 Å². The Hall–Kier alpha value is -3.14. The largest absolute Gasteiger partial charge is 0.342 e. The molecular formula is C22H20N2O2. The molecule has 1 heterocycles. The first-order valence-corrected chi connectivity index (χ1v) is 8.79. The third kappa shape index (κ3) is 3.31. The number of piperazine rings is 1. The molecule has 0 bridgehead atoms.